The highest BCUT2D eigenvalue weighted by molar-refractivity contribution is 7.89. The number of carbonyl (C=O) groups is 1. The number of anilines is 1. The topological polar surface area (TPSA) is 118 Å². The molecule has 0 aliphatic carbocycles. The fraction of sp³-hybridized carbons (Fsp3) is 0.222. The Kier molecular flexibility index (Phi) is 5.81. The number of hydrogen-bond donors (Lipinski definition) is 1. The second kappa shape index (κ2) is 8.28. The van der Waals surface area contributed by atoms with Crippen molar-refractivity contribution in [3.05, 3.63) is 54.7 Å². The van der Waals surface area contributed by atoms with E-state index in [-0.39, 0.29) is 29.3 Å². The van der Waals surface area contributed by atoms with Crippen molar-refractivity contribution in [2.45, 2.75) is 17.7 Å². The molecule has 1 aromatic carbocycles. The summed E-state index contributed by atoms with van der Waals surface area (Å²) in [5, 5.41) is 6.51. The number of benzene rings is 1. The molecule has 9 nitrogen and oxygen atoms in total. The molecule has 1 N–H and O–H groups in total. The lowest BCUT2D eigenvalue weighted by molar-refractivity contribution is -0.116. The van der Waals surface area contributed by atoms with Crippen molar-refractivity contribution in [2.75, 3.05) is 19.4 Å². The molecule has 0 radical (unpaired) electrons. The molecule has 0 aliphatic heterocycles. The molecule has 0 atom stereocenters. The van der Waals surface area contributed by atoms with Gasteiger partial charge in [-0.1, -0.05) is 17.3 Å². The van der Waals surface area contributed by atoms with Gasteiger partial charge in [0.25, 0.3) is 0 Å². The molecule has 3 rings (SSSR count). The third kappa shape index (κ3) is 4.41. The zero-order chi connectivity index (χ0) is 20.1. The summed E-state index contributed by atoms with van der Waals surface area (Å²) in [7, 11) is -0.808. The van der Waals surface area contributed by atoms with E-state index in [0.717, 1.165) is 4.31 Å². The van der Waals surface area contributed by atoms with Crippen molar-refractivity contribution in [2.24, 2.45) is 0 Å². The molecule has 146 valence electrons. The van der Waals surface area contributed by atoms with Gasteiger partial charge in [0.1, 0.15) is 4.90 Å². The van der Waals surface area contributed by atoms with Gasteiger partial charge in [0.05, 0.1) is 5.69 Å². The molecule has 0 saturated heterocycles. The standard InChI is InChI=1S/C18H19N5O4S/c1-23(2)28(25,26)15-8-4-3-7-14(15)20-16(24)9-10-17-21-18(22-27-17)13-6-5-11-19-12-13/h3-8,11-12H,9-10H2,1-2H3,(H,20,24). The third-order valence-electron chi connectivity index (χ3n) is 3.87. The lowest BCUT2D eigenvalue weighted by atomic mass is 10.2. The van der Waals surface area contributed by atoms with E-state index in [1.807, 2.05) is 0 Å². The molecule has 2 aromatic heterocycles. The molecule has 2 heterocycles. The Labute approximate surface area is 162 Å². The van der Waals surface area contributed by atoms with Crippen molar-refractivity contribution < 1.29 is 17.7 Å². The smallest absolute Gasteiger partial charge is 0.244 e. The van der Waals surface area contributed by atoms with Gasteiger partial charge >= 0.3 is 0 Å². The predicted molar refractivity (Wildman–Crippen MR) is 102 cm³/mol. The Bertz CT molecular complexity index is 1060. The Morgan fingerprint density at radius 2 is 1.96 bits per heavy atom. The van der Waals surface area contributed by atoms with Gasteiger partial charge in [-0.25, -0.2) is 12.7 Å². The molecule has 1 amide bonds. The van der Waals surface area contributed by atoms with E-state index in [9.17, 15) is 13.2 Å². The number of para-hydroxylation sites is 1. The molecule has 28 heavy (non-hydrogen) atoms. The summed E-state index contributed by atoms with van der Waals surface area (Å²) in [6.45, 7) is 0. The van der Waals surface area contributed by atoms with Crippen LogP contribution in [-0.4, -0.2) is 47.9 Å². The molecule has 0 saturated carbocycles. The van der Waals surface area contributed by atoms with Crippen LogP contribution in [0.3, 0.4) is 0 Å². The van der Waals surface area contributed by atoms with E-state index >= 15 is 0 Å². The van der Waals surface area contributed by atoms with Crippen LogP contribution in [0.2, 0.25) is 0 Å². The number of carbonyl (C=O) groups excluding carboxylic acids is 1. The van der Waals surface area contributed by atoms with Crippen LogP contribution in [0.5, 0.6) is 0 Å². The number of amides is 1. The van der Waals surface area contributed by atoms with Crippen LogP contribution >= 0.6 is 0 Å². The average Bonchev–Trinajstić information content (AvgIpc) is 3.16. The maximum atomic E-state index is 12.4. The van der Waals surface area contributed by atoms with Crippen molar-refractivity contribution in [1.82, 2.24) is 19.4 Å². The summed E-state index contributed by atoms with van der Waals surface area (Å²) in [6.07, 6.45) is 3.54. The first-order valence-corrected chi connectivity index (χ1v) is 9.86. The van der Waals surface area contributed by atoms with Crippen LogP contribution in [-0.2, 0) is 21.2 Å². The maximum absolute atomic E-state index is 12.4. The molecule has 0 fully saturated rings. The summed E-state index contributed by atoms with van der Waals surface area (Å²) >= 11 is 0. The molecular weight excluding hydrogens is 382 g/mol. The van der Waals surface area contributed by atoms with Gasteiger partial charge in [-0.15, -0.1) is 0 Å². The predicted octanol–water partition coefficient (Wildman–Crippen LogP) is 1.95. The Morgan fingerprint density at radius 1 is 1.18 bits per heavy atom. The quantitative estimate of drug-likeness (QED) is 0.643. The molecule has 0 spiro atoms. The van der Waals surface area contributed by atoms with Gasteiger partial charge in [-0.2, -0.15) is 4.98 Å². The molecule has 0 bridgehead atoms. The van der Waals surface area contributed by atoms with Crippen molar-refractivity contribution in [3.8, 4) is 11.4 Å². The lowest BCUT2D eigenvalue weighted by Gasteiger charge is -2.15. The average molecular weight is 401 g/mol. The first-order valence-electron chi connectivity index (χ1n) is 8.42. The summed E-state index contributed by atoms with van der Waals surface area (Å²) < 4.78 is 31.0. The second-order valence-electron chi connectivity index (χ2n) is 6.09. The largest absolute Gasteiger partial charge is 0.339 e. The molecule has 0 aliphatic rings. The number of nitrogens with one attached hydrogen (secondary N) is 1. The fourth-order valence-corrected chi connectivity index (χ4v) is 3.43. The fourth-order valence-electron chi connectivity index (χ4n) is 2.39. The second-order valence-corrected chi connectivity index (χ2v) is 8.21. The zero-order valence-corrected chi connectivity index (χ0v) is 16.2. The molecule has 3 aromatic rings. The van der Waals surface area contributed by atoms with Gasteiger partial charge in [-0.3, -0.25) is 9.78 Å². The minimum Gasteiger partial charge on any atom is -0.339 e. The summed E-state index contributed by atoms with van der Waals surface area (Å²) in [6, 6.07) is 9.81. The minimum atomic E-state index is -3.68. The number of aromatic nitrogens is 3. The highest BCUT2D eigenvalue weighted by atomic mass is 32.2. The van der Waals surface area contributed by atoms with Crippen LogP contribution in [0, 0.1) is 0 Å². The van der Waals surface area contributed by atoms with Gasteiger partial charge < -0.3 is 9.84 Å². The molecule has 10 heteroatoms. The van der Waals surface area contributed by atoms with E-state index < -0.39 is 10.0 Å². The van der Waals surface area contributed by atoms with Gasteiger partial charge in [0.2, 0.25) is 27.6 Å². The van der Waals surface area contributed by atoms with E-state index in [1.165, 1.54) is 20.2 Å². The summed E-state index contributed by atoms with van der Waals surface area (Å²) in [4.78, 5) is 20.6. The Morgan fingerprint density at radius 3 is 2.68 bits per heavy atom. The van der Waals surface area contributed by atoms with Gasteiger partial charge in [-0.05, 0) is 24.3 Å². The first kappa shape index (κ1) is 19.6. The van der Waals surface area contributed by atoms with E-state index in [2.05, 4.69) is 20.4 Å². The van der Waals surface area contributed by atoms with Crippen molar-refractivity contribution in [3.63, 3.8) is 0 Å². The highest BCUT2D eigenvalue weighted by Gasteiger charge is 2.22. The van der Waals surface area contributed by atoms with E-state index in [0.29, 0.717) is 17.3 Å². The van der Waals surface area contributed by atoms with Crippen LogP contribution in [0.25, 0.3) is 11.4 Å². The number of pyridine rings is 1. The van der Waals surface area contributed by atoms with Gasteiger partial charge in [0, 0.05) is 44.9 Å². The Hall–Kier alpha value is -3.11. The highest BCUT2D eigenvalue weighted by Crippen LogP contribution is 2.23. The number of nitrogens with zero attached hydrogens (tertiary/aromatic N) is 4. The molecule has 0 unspecified atom stereocenters. The van der Waals surface area contributed by atoms with Crippen LogP contribution in [0.15, 0.2) is 58.2 Å². The third-order valence-corrected chi connectivity index (χ3v) is 5.75. The van der Waals surface area contributed by atoms with Crippen molar-refractivity contribution in [1.29, 1.82) is 0 Å². The number of rotatable bonds is 7. The van der Waals surface area contributed by atoms with E-state index in [4.69, 9.17) is 4.52 Å². The van der Waals surface area contributed by atoms with Gasteiger partial charge in [0.15, 0.2) is 0 Å². The van der Waals surface area contributed by atoms with Crippen LogP contribution in [0.4, 0.5) is 5.69 Å². The minimum absolute atomic E-state index is 0.0324. The SMILES string of the molecule is CN(C)S(=O)(=O)c1ccccc1NC(=O)CCc1nc(-c2cccnc2)no1. The van der Waals surface area contributed by atoms with Crippen LogP contribution in [0.1, 0.15) is 12.3 Å². The number of sulfonamides is 1. The summed E-state index contributed by atoms with van der Waals surface area (Å²) in [5.74, 6) is 0.344. The van der Waals surface area contributed by atoms with E-state index in [1.54, 1.807) is 42.7 Å². The van der Waals surface area contributed by atoms with Crippen molar-refractivity contribution >= 4 is 21.6 Å². The first-order chi connectivity index (χ1) is 13.4. The number of aryl methyl sites for hydroxylation is 1. The van der Waals surface area contributed by atoms with Crippen LogP contribution < -0.4 is 5.32 Å². The molecular formula is C18H19N5O4S. The zero-order valence-electron chi connectivity index (χ0n) is 15.4. The summed E-state index contributed by atoms with van der Waals surface area (Å²) in [5.41, 5.74) is 0.938. The normalized spacial score (nSPS) is 11.5. The maximum Gasteiger partial charge on any atom is 0.244 e. The lowest BCUT2D eigenvalue weighted by Crippen LogP contribution is -2.24. The number of hydrogen-bond acceptors (Lipinski definition) is 7. The monoisotopic (exact) mass is 401 g/mol. The Balaban J connectivity index is 1.66.